The largest absolute Gasteiger partial charge is 0.268 e. The van der Waals surface area contributed by atoms with Gasteiger partial charge in [-0.25, -0.2) is 4.68 Å². The standard InChI is InChI=1S/C8H12N2O2S/c1-6(5-13)4-10-8(12)3-2-7(11)9-10/h2-3,6,13H,4-5H2,1H3,(H,9,11). The van der Waals surface area contributed by atoms with Crippen molar-refractivity contribution in [1.82, 2.24) is 9.78 Å². The summed E-state index contributed by atoms with van der Waals surface area (Å²) >= 11 is 4.10. The molecule has 0 amide bonds. The Labute approximate surface area is 81.0 Å². The second kappa shape index (κ2) is 4.32. The van der Waals surface area contributed by atoms with Crippen molar-refractivity contribution in [3.8, 4) is 0 Å². The van der Waals surface area contributed by atoms with E-state index in [0.717, 1.165) is 0 Å². The molecule has 1 atom stereocenters. The number of hydrogen-bond acceptors (Lipinski definition) is 3. The molecular weight excluding hydrogens is 188 g/mol. The molecule has 1 heterocycles. The molecule has 0 saturated heterocycles. The van der Waals surface area contributed by atoms with Gasteiger partial charge in [-0.3, -0.25) is 14.7 Å². The number of rotatable bonds is 3. The van der Waals surface area contributed by atoms with Crippen molar-refractivity contribution in [2.75, 3.05) is 5.75 Å². The summed E-state index contributed by atoms with van der Waals surface area (Å²) in [6, 6.07) is 2.49. The molecule has 72 valence electrons. The Morgan fingerprint density at radius 2 is 2.23 bits per heavy atom. The molecule has 0 radical (unpaired) electrons. The van der Waals surface area contributed by atoms with Crippen molar-refractivity contribution in [3.05, 3.63) is 32.8 Å². The molecule has 0 aliphatic rings. The van der Waals surface area contributed by atoms with Gasteiger partial charge in [0.1, 0.15) is 0 Å². The smallest absolute Gasteiger partial charge is 0.265 e. The Bertz CT molecular complexity index is 382. The van der Waals surface area contributed by atoms with E-state index >= 15 is 0 Å². The fourth-order valence-electron chi connectivity index (χ4n) is 0.967. The van der Waals surface area contributed by atoms with E-state index in [-0.39, 0.29) is 17.0 Å². The molecule has 0 aromatic carbocycles. The fourth-order valence-corrected chi connectivity index (χ4v) is 1.08. The van der Waals surface area contributed by atoms with Gasteiger partial charge < -0.3 is 0 Å². The van der Waals surface area contributed by atoms with Crippen molar-refractivity contribution < 1.29 is 0 Å². The zero-order chi connectivity index (χ0) is 9.84. The molecule has 4 nitrogen and oxygen atoms in total. The molecule has 0 aliphatic carbocycles. The number of aromatic amines is 1. The van der Waals surface area contributed by atoms with E-state index in [0.29, 0.717) is 12.3 Å². The van der Waals surface area contributed by atoms with Crippen LogP contribution in [0.4, 0.5) is 0 Å². The SMILES string of the molecule is CC(CS)Cn1[nH]c(=O)ccc1=O. The first-order valence-electron chi connectivity index (χ1n) is 4.04. The van der Waals surface area contributed by atoms with E-state index in [2.05, 4.69) is 17.7 Å². The summed E-state index contributed by atoms with van der Waals surface area (Å²) in [6.07, 6.45) is 0. The molecule has 0 bridgehead atoms. The average Bonchev–Trinajstić information content (AvgIpc) is 2.11. The summed E-state index contributed by atoms with van der Waals surface area (Å²) in [5.74, 6) is 0.947. The van der Waals surface area contributed by atoms with Crippen LogP contribution in [0, 0.1) is 5.92 Å². The Morgan fingerprint density at radius 1 is 1.54 bits per heavy atom. The van der Waals surface area contributed by atoms with Gasteiger partial charge in [-0.15, -0.1) is 0 Å². The summed E-state index contributed by atoms with van der Waals surface area (Å²) in [5.41, 5.74) is -0.445. The van der Waals surface area contributed by atoms with Crippen LogP contribution < -0.4 is 11.1 Å². The van der Waals surface area contributed by atoms with Gasteiger partial charge >= 0.3 is 0 Å². The molecule has 1 aromatic heterocycles. The first-order valence-corrected chi connectivity index (χ1v) is 4.67. The predicted molar refractivity (Wildman–Crippen MR) is 54.3 cm³/mol. The lowest BCUT2D eigenvalue weighted by atomic mass is 10.2. The van der Waals surface area contributed by atoms with E-state index < -0.39 is 0 Å². The van der Waals surface area contributed by atoms with E-state index in [1.807, 2.05) is 6.92 Å². The number of thiol groups is 1. The second-order valence-corrected chi connectivity index (χ2v) is 3.41. The molecule has 1 N–H and O–H groups in total. The summed E-state index contributed by atoms with van der Waals surface area (Å²) in [4.78, 5) is 22.1. The maximum absolute atomic E-state index is 11.2. The maximum Gasteiger partial charge on any atom is 0.265 e. The van der Waals surface area contributed by atoms with Crippen LogP contribution in [-0.2, 0) is 6.54 Å². The van der Waals surface area contributed by atoms with Gasteiger partial charge in [0, 0.05) is 18.7 Å². The molecule has 1 rings (SSSR count). The molecule has 0 fully saturated rings. The van der Waals surface area contributed by atoms with E-state index in [1.165, 1.54) is 16.8 Å². The molecule has 0 spiro atoms. The third-order valence-corrected chi connectivity index (χ3v) is 2.32. The quantitative estimate of drug-likeness (QED) is 0.680. The Balaban J connectivity index is 2.94. The first-order chi connectivity index (χ1) is 6.13. The number of aromatic nitrogens is 2. The van der Waals surface area contributed by atoms with E-state index in [4.69, 9.17) is 0 Å². The van der Waals surface area contributed by atoms with Gasteiger partial charge in [0.2, 0.25) is 0 Å². The maximum atomic E-state index is 11.2. The Hall–Kier alpha value is -0.970. The lowest BCUT2D eigenvalue weighted by molar-refractivity contribution is 0.465. The zero-order valence-corrected chi connectivity index (χ0v) is 8.25. The lowest BCUT2D eigenvalue weighted by Crippen LogP contribution is -2.30. The first kappa shape index (κ1) is 10.1. The fraction of sp³-hybridized carbons (Fsp3) is 0.500. The normalized spacial score (nSPS) is 12.8. The van der Waals surface area contributed by atoms with Crippen LogP contribution in [0.5, 0.6) is 0 Å². The number of hydrogen-bond donors (Lipinski definition) is 2. The van der Waals surface area contributed by atoms with Crippen LogP contribution in [0.25, 0.3) is 0 Å². The van der Waals surface area contributed by atoms with Gasteiger partial charge in [-0.1, -0.05) is 6.92 Å². The van der Waals surface area contributed by atoms with Gasteiger partial charge in [0.25, 0.3) is 11.1 Å². The van der Waals surface area contributed by atoms with E-state index in [1.54, 1.807) is 0 Å². The highest BCUT2D eigenvalue weighted by atomic mass is 32.1. The van der Waals surface area contributed by atoms with Crippen LogP contribution in [0.1, 0.15) is 6.92 Å². The molecule has 1 unspecified atom stereocenters. The van der Waals surface area contributed by atoms with E-state index in [9.17, 15) is 9.59 Å². The number of nitrogens with one attached hydrogen (secondary N) is 1. The van der Waals surface area contributed by atoms with Gasteiger partial charge in [-0.2, -0.15) is 12.6 Å². The Kier molecular flexibility index (Phi) is 3.36. The van der Waals surface area contributed by atoms with Crippen molar-refractivity contribution >= 4 is 12.6 Å². The summed E-state index contributed by atoms with van der Waals surface area (Å²) in [5, 5.41) is 2.46. The van der Waals surface area contributed by atoms with Gasteiger partial charge in [0.15, 0.2) is 0 Å². The third-order valence-electron chi connectivity index (χ3n) is 1.69. The highest BCUT2D eigenvalue weighted by Gasteiger charge is 2.02. The lowest BCUT2D eigenvalue weighted by Gasteiger charge is -2.09. The molecule has 0 saturated carbocycles. The minimum absolute atomic E-state index is 0.187. The predicted octanol–water partition coefficient (Wildman–Crippen LogP) is 0.102. The Morgan fingerprint density at radius 3 is 2.85 bits per heavy atom. The highest BCUT2D eigenvalue weighted by molar-refractivity contribution is 7.80. The molecule has 13 heavy (non-hydrogen) atoms. The molecule has 1 aromatic rings. The van der Waals surface area contributed by atoms with Crippen LogP contribution in [0.3, 0.4) is 0 Å². The van der Waals surface area contributed by atoms with Crippen LogP contribution in [0.2, 0.25) is 0 Å². The summed E-state index contributed by atoms with van der Waals surface area (Å²) in [7, 11) is 0. The average molecular weight is 200 g/mol. The topological polar surface area (TPSA) is 54.9 Å². The second-order valence-electron chi connectivity index (χ2n) is 3.05. The summed E-state index contributed by atoms with van der Waals surface area (Å²) < 4.78 is 1.31. The molecule has 5 heteroatoms. The minimum Gasteiger partial charge on any atom is -0.268 e. The van der Waals surface area contributed by atoms with Crippen molar-refractivity contribution in [2.45, 2.75) is 13.5 Å². The van der Waals surface area contributed by atoms with Crippen LogP contribution in [0.15, 0.2) is 21.7 Å². The van der Waals surface area contributed by atoms with Gasteiger partial charge in [-0.05, 0) is 11.7 Å². The number of nitrogens with zero attached hydrogens (tertiary/aromatic N) is 1. The monoisotopic (exact) mass is 200 g/mol. The summed E-state index contributed by atoms with van der Waals surface area (Å²) in [6.45, 7) is 2.46. The van der Waals surface area contributed by atoms with Crippen LogP contribution in [-0.4, -0.2) is 15.5 Å². The third kappa shape index (κ3) is 2.77. The van der Waals surface area contributed by atoms with Crippen LogP contribution >= 0.6 is 12.6 Å². The number of H-pyrrole nitrogens is 1. The van der Waals surface area contributed by atoms with Crippen molar-refractivity contribution in [3.63, 3.8) is 0 Å². The van der Waals surface area contributed by atoms with Crippen molar-refractivity contribution in [2.24, 2.45) is 5.92 Å². The molecular formula is C8H12N2O2S. The molecule has 0 aliphatic heterocycles. The minimum atomic E-state index is -0.258. The van der Waals surface area contributed by atoms with Gasteiger partial charge in [0.05, 0.1) is 0 Å². The highest BCUT2D eigenvalue weighted by Crippen LogP contribution is 1.97. The zero-order valence-electron chi connectivity index (χ0n) is 7.36. The van der Waals surface area contributed by atoms with Crippen molar-refractivity contribution in [1.29, 1.82) is 0 Å².